The third-order valence-corrected chi connectivity index (χ3v) is 5.68. The Morgan fingerprint density at radius 2 is 1.68 bits per heavy atom. The van der Waals surface area contributed by atoms with Gasteiger partial charge >= 0.3 is 5.97 Å². The predicted octanol–water partition coefficient (Wildman–Crippen LogP) is 2.72. The van der Waals surface area contributed by atoms with Gasteiger partial charge in [-0.2, -0.15) is 4.72 Å². The molecular formula is C19H16N2O6S. The standard InChI is InChI=1S/C19H16N2O6S/c22-19(23)18(11-13-5-8-16(9-6-13)21(24)25)20-28(26,27)17-10-7-14-3-1-2-4-15(14)12-17/h1-10,12,18,20H,11H2,(H,22,23)/t18-/m0/s1. The number of nitrogens with zero attached hydrogens (tertiary/aromatic N) is 1. The van der Waals surface area contributed by atoms with Crippen LogP contribution < -0.4 is 4.72 Å². The minimum Gasteiger partial charge on any atom is -0.480 e. The number of carboxylic acid groups (broad SMARTS) is 1. The number of fused-ring (bicyclic) bond motifs is 1. The van der Waals surface area contributed by atoms with E-state index in [1.165, 1.54) is 36.4 Å². The highest BCUT2D eigenvalue weighted by Gasteiger charge is 2.26. The molecule has 3 rings (SSSR count). The molecule has 3 aromatic carbocycles. The normalized spacial score (nSPS) is 12.6. The molecule has 0 saturated heterocycles. The number of aliphatic carboxylic acids is 1. The molecule has 0 heterocycles. The second kappa shape index (κ2) is 7.75. The third-order valence-electron chi connectivity index (χ3n) is 4.21. The molecule has 0 bridgehead atoms. The fourth-order valence-electron chi connectivity index (χ4n) is 2.76. The van der Waals surface area contributed by atoms with Crippen LogP contribution in [0.15, 0.2) is 71.6 Å². The number of rotatable bonds is 7. The van der Waals surface area contributed by atoms with Crippen LogP contribution in [0.5, 0.6) is 0 Å². The van der Waals surface area contributed by atoms with Crippen LogP contribution in [0.3, 0.4) is 0 Å². The highest BCUT2D eigenvalue weighted by Crippen LogP contribution is 2.20. The van der Waals surface area contributed by atoms with Gasteiger partial charge in [0.1, 0.15) is 6.04 Å². The molecule has 0 aliphatic rings. The molecule has 0 radical (unpaired) electrons. The summed E-state index contributed by atoms with van der Waals surface area (Å²) in [5.74, 6) is -1.34. The van der Waals surface area contributed by atoms with E-state index in [2.05, 4.69) is 4.72 Å². The van der Waals surface area contributed by atoms with Gasteiger partial charge < -0.3 is 5.11 Å². The molecular weight excluding hydrogens is 384 g/mol. The van der Waals surface area contributed by atoms with Crippen LogP contribution in [0.1, 0.15) is 5.56 Å². The first-order chi connectivity index (χ1) is 13.3. The zero-order valence-corrected chi connectivity index (χ0v) is 15.3. The van der Waals surface area contributed by atoms with Gasteiger partial charge in [0.25, 0.3) is 5.69 Å². The molecule has 8 nitrogen and oxygen atoms in total. The van der Waals surface area contributed by atoms with Crippen molar-refractivity contribution in [1.82, 2.24) is 4.72 Å². The highest BCUT2D eigenvalue weighted by atomic mass is 32.2. The van der Waals surface area contributed by atoms with Gasteiger partial charge in [-0.05, 0) is 34.9 Å². The summed E-state index contributed by atoms with van der Waals surface area (Å²) < 4.78 is 27.5. The molecule has 0 aliphatic heterocycles. The number of hydrogen-bond donors (Lipinski definition) is 2. The first-order valence-corrected chi connectivity index (χ1v) is 9.72. The average Bonchev–Trinajstić information content (AvgIpc) is 2.67. The molecule has 2 N–H and O–H groups in total. The molecule has 0 saturated carbocycles. The minimum atomic E-state index is -4.08. The van der Waals surface area contributed by atoms with Crippen LogP contribution in [0.25, 0.3) is 10.8 Å². The van der Waals surface area contributed by atoms with Crippen molar-refractivity contribution in [3.05, 3.63) is 82.4 Å². The van der Waals surface area contributed by atoms with Crippen molar-refractivity contribution in [1.29, 1.82) is 0 Å². The van der Waals surface area contributed by atoms with Gasteiger partial charge in [-0.1, -0.05) is 42.5 Å². The number of hydrogen-bond acceptors (Lipinski definition) is 5. The zero-order valence-electron chi connectivity index (χ0n) is 14.5. The summed E-state index contributed by atoms with van der Waals surface area (Å²) in [5.41, 5.74) is 0.326. The highest BCUT2D eigenvalue weighted by molar-refractivity contribution is 7.89. The van der Waals surface area contributed by atoms with Gasteiger partial charge in [0.05, 0.1) is 9.82 Å². The van der Waals surface area contributed by atoms with Gasteiger partial charge in [-0.25, -0.2) is 8.42 Å². The molecule has 0 fully saturated rings. The number of benzene rings is 3. The van der Waals surface area contributed by atoms with Crippen LogP contribution in [-0.2, 0) is 21.2 Å². The first-order valence-electron chi connectivity index (χ1n) is 8.23. The molecule has 28 heavy (non-hydrogen) atoms. The Labute approximate surface area is 160 Å². The van der Waals surface area contributed by atoms with E-state index in [9.17, 15) is 28.4 Å². The van der Waals surface area contributed by atoms with E-state index in [4.69, 9.17) is 0 Å². The van der Waals surface area contributed by atoms with Crippen LogP contribution >= 0.6 is 0 Å². The topological polar surface area (TPSA) is 127 Å². The third kappa shape index (κ3) is 4.33. The van der Waals surface area contributed by atoms with Crippen molar-refractivity contribution in [2.45, 2.75) is 17.4 Å². The Bertz CT molecular complexity index is 1140. The average molecular weight is 400 g/mol. The lowest BCUT2D eigenvalue weighted by molar-refractivity contribution is -0.384. The van der Waals surface area contributed by atoms with Crippen molar-refractivity contribution < 1.29 is 23.2 Å². The Morgan fingerprint density at radius 3 is 2.29 bits per heavy atom. The summed E-state index contributed by atoms with van der Waals surface area (Å²) in [6, 6.07) is 15.6. The van der Waals surface area contributed by atoms with E-state index in [1.54, 1.807) is 18.2 Å². The SMILES string of the molecule is O=C(O)[C@H](Cc1ccc([N+](=O)[O-])cc1)NS(=O)(=O)c1ccc2ccccc2c1. The fourth-order valence-corrected chi connectivity index (χ4v) is 3.98. The Balaban J connectivity index is 1.83. The lowest BCUT2D eigenvalue weighted by Gasteiger charge is -2.15. The monoisotopic (exact) mass is 400 g/mol. The van der Waals surface area contributed by atoms with Crippen molar-refractivity contribution >= 4 is 32.5 Å². The molecule has 0 spiro atoms. The van der Waals surface area contributed by atoms with Crippen molar-refractivity contribution in [2.24, 2.45) is 0 Å². The second-order valence-electron chi connectivity index (χ2n) is 6.15. The minimum absolute atomic E-state index is 0.0406. The van der Waals surface area contributed by atoms with Crippen LogP contribution in [0, 0.1) is 10.1 Å². The van der Waals surface area contributed by atoms with E-state index < -0.39 is 27.0 Å². The summed E-state index contributed by atoms with van der Waals surface area (Å²) in [7, 11) is -4.08. The maximum Gasteiger partial charge on any atom is 0.322 e. The largest absolute Gasteiger partial charge is 0.480 e. The maximum absolute atomic E-state index is 12.7. The summed E-state index contributed by atoms with van der Waals surface area (Å²) >= 11 is 0. The number of carboxylic acids is 1. The van der Waals surface area contributed by atoms with Gasteiger partial charge in [0.2, 0.25) is 10.0 Å². The van der Waals surface area contributed by atoms with Crippen LogP contribution in [-0.4, -0.2) is 30.5 Å². The quantitative estimate of drug-likeness (QED) is 0.464. The van der Waals surface area contributed by atoms with E-state index >= 15 is 0 Å². The summed E-state index contributed by atoms with van der Waals surface area (Å²) in [4.78, 5) is 21.7. The van der Waals surface area contributed by atoms with E-state index in [0.29, 0.717) is 10.9 Å². The maximum atomic E-state index is 12.7. The van der Waals surface area contributed by atoms with E-state index in [1.807, 2.05) is 12.1 Å². The number of nitro groups is 1. The molecule has 0 aliphatic carbocycles. The van der Waals surface area contributed by atoms with Gasteiger partial charge in [-0.3, -0.25) is 14.9 Å². The molecule has 0 amide bonds. The summed E-state index contributed by atoms with van der Waals surface area (Å²) in [6.45, 7) is 0. The smallest absolute Gasteiger partial charge is 0.322 e. The van der Waals surface area contributed by atoms with E-state index in [-0.39, 0.29) is 17.0 Å². The second-order valence-corrected chi connectivity index (χ2v) is 7.86. The number of nitrogens with one attached hydrogen (secondary N) is 1. The van der Waals surface area contributed by atoms with Gasteiger partial charge in [-0.15, -0.1) is 0 Å². The molecule has 1 atom stereocenters. The van der Waals surface area contributed by atoms with Crippen LogP contribution in [0.2, 0.25) is 0 Å². The summed E-state index contributed by atoms with van der Waals surface area (Å²) in [5, 5.41) is 21.7. The van der Waals surface area contributed by atoms with Crippen LogP contribution in [0.4, 0.5) is 5.69 Å². The Hall–Kier alpha value is -3.30. The fraction of sp³-hybridized carbons (Fsp3) is 0.105. The molecule has 144 valence electrons. The van der Waals surface area contributed by atoms with E-state index in [0.717, 1.165) is 5.39 Å². The molecule has 0 aromatic heterocycles. The number of nitro benzene ring substituents is 1. The van der Waals surface area contributed by atoms with Gasteiger partial charge in [0.15, 0.2) is 0 Å². The van der Waals surface area contributed by atoms with Crippen molar-refractivity contribution in [3.63, 3.8) is 0 Å². The molecule has 0 unspecified atom stereocenters. The lowest BCUT2D eigenvalue weighted by Crippen LogP contribution is -2.42. The Morgan fingerprint density at radius 1 is 1.04 bits per heavy atom. The first kappa shape index (κ1) is 19.5. The number of sulfonamides is 1. The zero-order chi connectivity index (χ0) is 20.3. The lowest BCUT2D eigenvalue weighted by atomic mass is 10.1. The number of carbonyl (C=O) groups is 1. The predicted molar refractivity (Wildman–Crippen MR) is 102 cm³/mol. The number of non-ortho nitro benzene ring substituents is 1. The van der Waals surface area contributed by atoms with Gasteiger partial charge in [0, 0.05) is 12.1 Å². The van der Waals surface area contributed by atoms with Crippen molar-refractivity contribution in [3.8, 4) is 0 Å². The Kier molecular flexibility index (Phi) is 5.39. The molecule has 3 aromatic rings. The summed E-state index contributed by atoms with van der Waals surface area (Å²) in [6.07, 6.45) is -0.153. The van der Waals surface area contributed by atoms with Crippen molar-refractivity contribution in [2.75, 3.05) is 0 Å². The molecule has 9 heteroatoms.